The van der Waals surface area contributed by atoms with E-state index < -0.39 is 5.60 Å². The van der Waals surface area contributed by atoms with Crippen LogP contribution in [0.15, 0.2) is 11.5 Å². The Labute approximate surface area is 152 Å². The standard InChI is InChI=1S/C19H32BNO4/c1-17(2,3)23-16(22)21-11-10-13-12-14(8-9-15(13)21)20-24-18(4,5)19(6,7)25-20/h12-13,15H,8-11H2,1-7H3/t13-,15+/m1/s1. The molecule has 0 aromatic heterocycles. The SMILES string of the molecule is CC(C)(C)OC(=O)N1CC[C@@H]2C=C(B3OC(C)(C)C(C)(C)O3)CC[C@@H]21. The fourth-order valence-corrected chi connectivity index (χ4v) is 3.85. The molecule has 0 bridgehead atoms. The molecule has 0 aromatic carbocycles. The number of carbonyl (C=O) groups is 1. The first-order chi connectivity index (χ1) is 11.4. The first kappa shape index (κ1) is 18.8. The van der Waals surface area contributed by atoms with Gasteiger partial charge >= 0.3 is 13.2 Å². The molecule has 0 aromatic rings. The Bertz CT molecular complexity index is 562. The summed E-state index contributed by atoms with van der Waals surface area (Å²) in [5.41, 5.74) is 0.153. The predicted molar refractivity (Wildman–Crippen MR) is 98.2 cm³/mol. The van der Waals surface area contributed by atoms with E-state index in [0.717, 1.165) is 25.8 Å². The molecule has 6 heteroatoms. The quantitative estimate of drug-likeness (QED) is 0.672. The monoisotopic (exact) mass is 349 g/mol. The van der Waals surface area contributed by atoms with Gasteiger partial charge in [0.2, 0.25) is 0 Å². The van der Waals surface area contributed by atoms with E-state index in [0.29, 0.717) is 5.92 Å². The molecule has 2 fully saturated rings. The molecule has 0 saturated carbocycles. The van der Waals surface area contributed by atoms with Gasteiger partial charge in [-0.3, -0.25) is 0 Å². The maximum Gasteiger partial charge on any atom is 0.490 e. The Balaban J connectivity index is 1.69. The maximum atomic E-state index is 12.5. The molecule has 0 unspecified atom stereocenters. The largest absolute Gasteiger partial charge is 0.490 e. The van der Waals surface area contributed by atoms with E-state index in [1.165, 1.54) is 5.47 Å². The van der Waals surface area contributed by atoms with Crippen LogP contribution in [0.4, 0.5) is 4.79 Å². The van der Waals surface area contributed by atoms with E-state index in [4.69, 9.17) is 14.0 Å². The lowest BCUT2D eigenvalue weighted by Crippen LogP contribution is -2.42. The van der Waals surface area contributed by atoms with Gasteiger partial charge in [0.25, 0.3) is 0 Å². The van der Waals surface area contributed by atoms with Gasteiger partial charge in [0.1, 0.15) is 5.60 Å². The second-order valence-electron chi connectivity index (χ2n) is 9.56. The average Bonchev–Trinajstić information content (AvgIpc) is 2.95. The molecule has 3 aliphatic rings. The van der Waals surface area contributed by atoms with Gasteiger partial charge in [0.05, 0.1) is 11.2 Å². The molecule has 1 amide bonds. The number of hydrogen-bond acceptors (Lipinski definition) is 4. The molecule has 140 valence electrons. The molecule has 2 heterocycles. The highest BCUT2D eigenvalue weighted by molar-refractivity contribution is 6.54. The zero-order valence-corrected chi connectivity index (χ0v) is 16.7. The number of ether oxygens (including phenoxy) is 1. The lowest BCUT2D eigenvalue weighted by Gasteiger charge is -2.33. The summed E-state index contributed by atoms with van der Waals surface area (Å²) in [6.07, 6.45) is 4.93. The van der Waals surface area contributed by atoms with E-state index in [2.05, 4.69) is 33.8 Å². The highest BCUT2D eigenvalue weighted by Crippen LogP contribution is 2.42. The van der Waals surface area contributed by atoms with Gasteiger partial charge in [-0.05, 0) is 79.1 Å². The van der Waals surface area contributed by atoms with Crippen molar-refractivity contribution < 1.29 is 18.8 Å². The molecule has 0 spiro atoms. The Morgan fingerprint density at radius 1 is 1.20 bits per heavy atom. The van der Waals surface area contributed by atoms with Crippen LogP contribution in [0.5, 0.6) is 0 Å². The number of hydrogen-bond donors (Lipinski definition) is 0. The van der Waals surface area contributed by atoms with Crippen molar-refractivity contribution in [3.05, 3.63) is 11.5 Å². The summed E-state index contributed by atoms with van der Waals surface area (Å²) in [4.78, 5) is 14.4. The molecule has 0 radical (unpaired) electrons. The van der Waals surface area contributed by atoms with Crippen LogP contribution >= 0.6 is 0 Å². The highest BCUT2D eigenvalue weighted by Gasteiger charge is 2.53. The molecule has 5 nitrogen and oxygen atoms in total. The van der Waals surface area contributed by atoms with Crippen LogP contribution in [-0.4, -0.2) is 47.5 Å². The van der Waals surface area contributed by atoms with E-state index in [1.807, 2.05) is 25.7 Å². The number of fused-ring (bicyclic) bond motifs is 1. The van der Waals surface area contributed by atoms with Gasteiger partial charge < -0.3 is 18.9 Å². The lowest BCUT2D eigenvalue weighted by atomic mass is 9.69. The van der Waals surface area contributed by atoms with Gasteiger partial charge in [0.15, 0.2) is 0 Å². The number of nitrogens with zero attached hydrogens (tertiary/aromatic N) is 1. The van der Waals surface area contributed by atoms with E-state index in [-0.39, 0.29) is 30.5 Å². The van der Waals surface area contributed by atoms with Crippen LogP contribution in [0, 0.1) is 5.92 Å². The van der Waals surface area contributed by atoms with Crippen LogP contribution in [0.25, 0.3) is 0 Å². The molecule has 2 aliphatic heterocycles. The molecule has 2 atom stereocenters. The Kier molecular flexibility index (Phi) is 4.52. The number of likely N-dealkylation sites (tertiary alicyclic amines) is 1. The van der Waals surface area contributed by atoms with Crippen molar-refractivity contribution in [2.24, 2.45) is 5.92 Å². The fourth-order valence-electron chi connectivity index (χ4n) is 3.85. The average molecular weight is 349 g/mol. The molecule has 25 heavy (non-hydrogen) atoms. The third-order valence-corrected chi connectivity index (χ3v) is 5.94. The predicted octanol–water partition coefficient (Wildman–Crippen LogP) is 3.96. The van der Waals surface area contributed by atoms with Gasteiger partial charge in [-0.2, -0.15) is 0 Å². The van der Waals surface area contributed by atoms with Crippen molar-refractivity contribution in [2.75, 3.05) is 6.54 Å². The van der Waals surface area contributed by atoms with E-state index in [1.54, 1.807) is 0 Å². The van der Waals surface area contributed by atoms with Crippen LogP contribution in [0.3, 0.4) is 0 Å². The first-order valence-electron chi connectivity index (χ1n) is 9.45. The zero-order valence-electron chi connectivity index (χ0n) is 16.7. The minimum absolute atomic E-state index is 0.188. The van der Waals surface area contributed by atoms with E-state index >= 15 is 0 Å². The topological polar surface area (TPSA) is 48.0 Å². The van der Waals surface area contributed by atoms with Crippen LogP contribution in [0.2, 0.25) is 0 Å². The van der Waals surface area contributed by atoms with Gasteiger partial charge in [0, 0.05) is 12.6 Å². The first-order valence-corrected chi connectivity index (χ1v) is 9.45. The lowest BCUT2D eigenvalue weighted by molar-refractivity contribution is 0.00578. The minimum atomic E-state index is -0.451. The third-order valence-electron chi connectivity index (χ3n) is 5.94. The number of rotatable bonds is 1. The molecule has 1 aliphatic carbocycles. The third kappa shape index (κ3) is 3.61. The maximum absolute atomic E-state index is 12.5. The minimum Gasteiger partial charge on any atom is -0.444 e. The number of carbonyl (C=O) groups excluding carboxylic acids is 1. The molecular formula is C19H32BNO4. The van der Waals surface area contributed by atoms with Crippen LogP contribution < -0.4 is 0 Å². The summed E-state index contributed by atoms with van der Waals surface area (Å²) in [6, 6.07) is 0.237. The van der Waals surface area contributed by atoms with Gasteiger partial charge in [-0.15, -0.1) is 0 Å². The van der Waals surface area contributed by atoms with Gasteiger partial charge in [-0.25, -0.2) is 4.79 Å². The summed E-state index contributed by atoms with van der Waals surface area (Å²) < 4.78 is 18.0. The molecule has 2 saturated heterocycles. The van der Waals surface area contributed by atoms with Crippen molar-refractivity contribution in [1.82, 2.24) is 4.90 Å². The zero-order chi connectivity index (χ0) is 18.6. The van der Waals surface area contributed by atoms with Crippen molar-refractivity contribution in [1.29, 1.82) is 0 Å². The second kappa shape index (κ2) is 6.02. The highest BCUT2D eigenvalue weighted by atomic mass is 16.7. The van der Waals surface area contributed by atoms with Crippen LogP contribution in [-0.2, 0) is 14.0 Å². The van der Waals surface area contributed by atoms with Gasteiger partial charge in [-0.1, -0.05) is 6.08 Å². The normalized spacial score (nSPS) is 30.9. The van der Waals surface area contributed by atoms with Crippen LogP contribution in [0.1, 0.15) is 67.7 Å². The van der Waals surface area contributed by atoms with Crippen molar-refractivity contribution in [3.63, 3.8) is 0 Å². The Morgan fingerprint density at radius 2 is 1.80 bits per heavy atom. The number of allylic oxidation sites excluding steroid dienone is 1. The Hall–Kier alpha value is -1.01. The van der Waals surface area contributed by atoms with Crippen molar-refractivity contribution in [3.8, 4) is 0 Å². The van der Waals surface area contributed by atoms with Crippen molar-refractivity contribution >= 4 is 13.2 Å². The smallest absolute Gasteiger partial charge is 0.444 e. The summed E-state index contributed by atoms with van der Waals surface area (Å²) in [7, 11) is -0.262. The Morgan fingerprint density at radius 3 is 2.36 bits per heavy atom. The summed E-state index contributed by atoms with van der Waals surface area (Å²) >= 11 is 0. The second-order valence-corrected chi connectivity index (χ2v) is 9.56. The summed E-state index contributed by atoms with van der Waals surface area (Å²) in [5.74, 6) is 0.371. The van der Waals surface area contributed by atoms with E-state index in [9.17, 15) is 4.79 Å². The van der Waals surface area contributed by atoms with Crippen molar-refractivity contribution in [2.45, 2.75) is 90.6 Å². The molecular weight excluding hydrogens is 317 g/mol. The molecule has 3 rings (SSSR count). The number of amides is 1. The summed E-state index contributed by atoms with van der Waals surface area (Å²) in [5, 5.41) is 0. The fraction of sp³-hybridized carbons (Fsp3) is 0.842. The summed E-state index contributed by atoms with van der Waals surface area (Å²) in [6.45, 7) is 14.8. The molecule has 0 N–H and O–H groups in total.